The van der Waals surface area contributed by atoms with Crippen LogP contribution >= 0.6 is 0 Å². The Labute approximate surface area is 69.1 Å². The van der Waals surface area contributed by atoms with Gasteiger partial charge in [0.1, 0.15) is 13.2 Å². The van der Waals surface area contributed by atoms with Crippen molar-refractivity contribution < 1.29 is 4.74 Å². The van der Waals surface area contributed by atoms with E-state index in [0.717, 1.165) is 12.8 Å². The van der Waals surface area contributed by atoms with Gasteiger partial charge in [-0.15, -0.1) is 11.8 Å². The van der Waals surface area contributed by atoms with Crippen LogP contribution in [0.3, 0.4) is 0 Å². The highest BCUT2D eigenvalue weighted by Crippen LogP contribution is 1.73. The van der Waals surface area contributed by atoms with E-state index < -0.39 is 0 Å². The molecular formula is C10H14O. The monoisotopic (exact) mass is 150 g/mol. The van der Waals surface area contributed by atoms with Gasteiger partial charge >= 0.3 is 0 Å². The van der Waals surface area contributed by atoms with Crippen LogP contribution < -0.4 is 0 Å². The van der Waals surface area contributed by atoms with Crippen LogP contribution in [0.1, 0.15) is 26.7 Å². The standard InChI is InChI=1S/C10H14O/c1-3-5-7-9-11-10-8-6-4-2/h3-4,9-10H2,1-2H3. The number of hydrogen-bond acceptors (Lipinski definition) is 1. The Bertz CT molecular complexity index is 162. The van der Waals surface area contributed by atoms with Gasteiger partial charge in [0.25, 0.3) is 0 Å². The van der Waals surface area contributed by atoms with Crippen molar-refractivity contribution in [1.29, 1.82) is 0 Å². The highest BCUT2D eigenvalue weighted by molar-refractivity contribution is 5.00. The van der Waals surface area contributed by atoms with Crippen molar-refractivity contribution in [2.75, 3.05) is 13.2 Å². The van der Waals surface area contributed by atoms with Gasteiger partial charge in [-0.25, -0.2) is 0 Å². The van der Waals surface area contributed by atoms with E-state index in [1.54, 1.807) is 0 Å². The van der Waals surface area contributed by atoms with E-state index in [2.05, 4.69) is 23.7 Å². The van der Waals surface area contributed by atoms with E-state index >= 15 is 0 Å². The molecule has 0 spiro atoms. The third-order valence-corrected chi connectivity index (χ3v) is 0.952. The second kappa shape index (κ2) is 9.08. The van der Waals surface area contributed by atoms with Crippen molar-refractivity contribution >= 4 is 0 Å². The van der Waals surface area contributed by atoms with Gasteiger partial charge in [0.05, 0.1) is 0 Å². The maximum Gasteiger partial charge on any atom is 0.109 e. The normalized spacial score (nSPS) is 7.45. The van der Waals surface area contributed by atoms with Crippen molar-refractivity contribution in [2.24, 2.45) is 0 Å². The molecule has 0 atom stereocenters. The predicted octanol–water partition coefficient (Wildman–Crippen LogP) is 1.83. The highest BCUT2D eigenvalue weighted by Gasteiger charge is 1.75. The molecule has 1 heteroatoms. The SMILES string of the molecule is CCC#CCOCC#CCC. The van der Waals surface area contributed by atoms with Crippen LogP contribution in [0, 0.1) is 23.7 Å². The van der Waals surface area contributed by atoms with Crippen LogP contribution in [0.2, 0.25) is 0 Å². The molecule has 0 radical (unpaired) electrons. The first-order valence-corrected chi connectivity index (χ1v) is 3.91. The zero-order chi connectivity index (χ0) is 8.36. The molecule has 0 bridgehead atoms. The molecule has 1 nitrogen and oxygen atoms in total. The number of rotatable bonds is 2. The first-order chi connectivity index (χ1) is 5.41. The van der Waals surface area contributed by atoms with Gasteiger partial charge in [-0.2, -0.15) is 0 Å². The molecule has 0 rings (SSSR count). The maximum atomic E-state index is 5.09. The van der Waals surface area contributed by atoms with E-state index in [4.69, 9.17) is 4.74 Å². The minimum Gasteiger partial charge on any atom is -0.356 e. The summed E-state index contributed by atoms with van der Waals surface area (Å²) in [5, 5.41) is 0. The van der Waals surface area contributed by atoms with Crippen LogP contribution in [-0.4, -0.2) is 13.2 Å². The molecule has 0 aromatic rings. The first kappa shape index (κ1) is 10.1. The van der Waals surface area contributed by atoms with Gasteiger partial charge in [-0.05, 0) is 0 Å². The lowest BCUT2D eigenvalue weighted by molar-refractivity contribution is 0.204. The molecular weight excluding hydrogens is 136 g/mol. The summed E-state index contributed by atoms with van der Waals surface area (Å²) in [5.41, 5.74) is 0. The van der Waals surface area contributed by atoms with Gasteiger partial charge in [0, 0.05) is 12.8 Å². The third kappa shape index (κ3) is 9.08. The van der Waals surface area contributed by atoms with Gasteiger partial charge in [0.2, 0.25) is 0 Å². The van der Waals surface area contributed by atoms with Gasteiger partial charge < -0.3 is 4.74 Å². The summed E-state index contributed by atoms with van der Waals surface area (Å²) in [6.07, 6.45) is 1.79. The van der Waals surface area contributed by atoms with E-state index in [-0.39, 0.29) is 0 Å². The first-order valence-electron chi connectivity index (χ1n) is 3.91. The predicted molar refractivity (Wildman–Crippen MR) is 47.0 cm³/mol. The van der Waals surface area contributed by atoms with E-state index in [9.17, 15) is 0 Å². The topological polar surface area (TPSA) is 9.23 Å². The molecule has 0 saturated heterocycles. The van der Waals surface area contributed by atoms with Crippen LogP contribution in [-0.2, 0) is 4.74 Å². The molecule has 0 saturated carbocycles. The summed E-state index contributed by atoms with van der Waals surface area (Å²) in [4.78, 5) is 0. The molecule has 11 heavy (non-hydrogen) atoms. The average molecular weight is 150 g/mol. The summed E-state index contributed by atoms with van der Waals surface area (Å²) in [5.74, 6) is 11.6. The van der Waals surface area contributed by atoms with E-state index in [1.165, 1.54) is 0 Å². The molecule has 60 valence electrons. The quantitative estimate of drug-likeness (QED) is 0.431. The van der Waals surface area contributed by atoms with Crippen LogP contribution in [0.25, 0.3) is 0 Å². The average Bonchev–Trinajstić information content (AvgIpc) is 2.03. The minimum absolute atomic E-state index is 0.506. The molecule has 0 unspecified atom stereocenters. The molecule has 0 aliphatic carbocycles. The van der Waals surface area contributed by atoms with Crippen LogP contribution in [0.15, 0.2) is 0 Å². The molecule has 0 aliphatic heterocycles. The summed E-state index contributed by atoms with van der Waals surface area (Å²) >= 11 is 0. The second-order valence-corrected chi connectivity index (χ2v) is 1.91. The largest absolute Gasteiger partial charge is 0.356 e. The van der Waals surface area contributed by atoms with Gasteiger partial charge in [-0.1, -0.05) is 25.7 Å². The van der Waals surface area contributed by atoms with E-state index in [1.807, 2.05) is 13.8 Å². The molecule has 0 aromatic carbocycles. The Morgan fingerprint density at radius 3 is 1.64 bits per heavy atom. The van der Waals surface area contributed by atoms with Gasteiger partial charge in [-0.3, -0.25) is 0 Å². The number of ether oxygens (including phenoxy) is 1. The molecule has 0 aliphatic rings. The van der Waals surface area contributed by atoms with Crippen molar-refractivity contribution in [2.45, 2.75) is 26.7 Å². The summed E-state index contributed by atoms with van der Waals surface area (Å²) in [6, 6.07) is 0. The smallest absolute Gasteiger partial charge is 0.109 e. The second-order valence-electron chi connectivity index (χ2n) is 1.91. The Hall–Kier alpha value is -0.920. The van der Waals surface area contributed by atoms with Crippen molar-refractivity contribution in [3.63, 3.8) is 0 Å². The lowest BCUT2D eigenvalue weighted by Gasteiger charge is -1.88. The fraction of sp³-hybridized carbons (Fsp3) is 0.600. The number of hydrogen-bond donors (Lipinski definition) is 0. The van der Waals surface area contributed by atoms with Gasteiger partial charge in [0.15, 0.2) is 0 Å². The fourth-order valence-corrected chi connectivity index (χ4v) is 0.505. The molecule has 0 aromatic heterocycles. The maximum absolute atomic E-state index is 5.09. The summed E-state index contributed by atoms with van der Waals surface area (Å²) in [6.45, 7) is 5.05. The zero-order valence-electron chi connectivity index (χ0n) is 7.24. The zero-order valence-corrected chi connectivity index (χ0v) is 7.24. The van der Waals surface area contributed by atoms with E-state index in [0.29, 0.717) is 13.2 Å². The summed E-state index contributed by atoms with van der Waals surface area (Å²) < 4.78 is 5.09. The van der Waals surface area contributed by atoms with Crippen LogP contribution in [0.4, 0.5) is 0 Å². The highest BCUT2D eigenvalue weighted by atomic mass is 16.5. The molecule has 0 heterocycles. The third-order valence-electron chi connectivity index (χ3n) is 0.952. The molecule has 0 amide bonds. The minimum atomic E-state index is 0.506. The Morgan fingerprint density at radius 1 is 0.818 bits per heavy atom. The fourth-order valence-electron chi connectivity index (χ4n) is 0.505. The van der Waals surface area contributed by atoms with Crippen LogP contribution in [0.5, 0.6) is 0 Å². The van der Waals surface area contributed by atoms with Crippen molar-refractivity contribution in [3.8, 4) is 23.7 Å². The molecule has 0 fully saturated rings. The Balaban J connectivity index is 3.14. The Morgan fingerprint density at radius 2 is 1.27 bits per heavy atom. The Kier molecular flexibility index (Phi) is 8.32. The van der Waals surface area contributed by atoms with Crippen molar-refractivity contribution in [3.05, 3.63) is 0 Å². The molecule has 0 N–H and O–H groups in total. The van der Waals surface area contributed by atoms with Crippen molar-refractivity contribution in [1.82, 2.24) is 0 Å². The summed E-state index contributed by atoms with van der Waals surface area (Å²) in [7, 11) is 0. The lowest BCUT2D eigenvalue weighted by Crippen LogP contribution is -1.90. The lowest BCUT2D eigenvalue weighted by atomic mass is 10.5.